The van der Waals surface area contributed by atoms with E-state index in [-0.39, 0.29) is 0 Å². The second kappa shape index (κ2) is 9.05. The van der Waals surface area contributed by atoms with Crippen LogP contribution in [0.3, 0.4) is 0 Å². The summed E-state index contributed by atoms with van der Waals surface area (Å²) in [5.74, 6) is 0. The summed E-state index contributed by atoms with van der Waals surface area (Å²) in [5, 5.41) is 0. The van der Waals surface area contributed by atoms with Crippen molar-refractivity contribution >= 4 is 0 Å². The third kappa shape index (κ3) is 8.87. The first-order valence-corrected chi connectivity index (χ1v) is 4.93. The highest BCUT2D eigenvalue weighted by Gasteiger charge is 1.72. The van der Waals surface area contributed by atoms with Crippen LogP contribution in [-0.4, -0.2) is 0 Å². The highest BCUT2D eigenvalue weighted by atomic mass is 13.8. The van der Waals surface area contributed by atoms with Crippen molar-refractivity contribution in [2.45, 2.75) is 33.1 Å². The first-order chi connectivity index (χ1) is 6.31. The largest absolute Gasteiger partial charge is 0.103 e. The van der Waals surface area contributed by atoms with Gasteiger partial charge in [0.2, 0.25) is 0 Å². The summed E-state index contributed by atoms with van der Waals surface area (Å²) < 4.78 is 0. The van der Waals surface area contributed by atoms with Crippen molar-refractivity contribution < 1.29 is 0 Å². The van der Waals surface area contributed by atoms with E-state index in [9.17, 15) is 0 Å². The van der Waals surface area contributed by atoms with Crippen molar-refractivity contribution in [1.82, 2.24) is 0 Å². The Morgan fingerprint density at radius 1 is 1.23 bits per heavy atom. The number of aryl methyl sites for hydroxylation is 1. The van der Waals surface area contributed by atoms with Gasteiger partial charge < -0.3 is 0 Å². The Kier molecular flexibility index (Phi) is 8.33. The molecule has 0 aliphatic heterocycles. The van der Waals surface area contributed by atoms with Crippen LogP contribution >= 0.6 is 0 Å². The summed E-state index contributed by atoms with van der Waals surface area (Å²) in [6.07, 6.45) is 5.72. The molecule has 0 heteroatoms. The smallest absolute Gasteiger partial charge is 0.0354 e. The summed E-state index contributed by atoms with van der Waals surface area (Å²) in [5.41, 5.74) is 1.32. The summed E-state index contributed by atoms with van der Waals surface area (Å²) >= 11 is 0. The first kappa shape index (κ1) is 12.0. The lowest BCUT2D eigenvalue weighted by Gasteiger charge is -1.82. The quantitative estimate of drug-likeness (QED) is 0.474. The number of rotatable bonds is 3. The molecular formula is C13H20. The van der Waals surface area contributed by atoms with Gasteiger partial charge in [0.05, 0.1) is 0 Å². The lowest BCUT2D eigenvalue weighted by molar-refractivity contribution is 0.816. The minimum atomic E-state index is 1.18. The maximum atomic E-state index is 3.60. The average molecular weight is 176 g/mol. The molecule has 0 aliphatic rings. The van der Waals surface area contributed by atoms with Gasteiger partial charge in [-0.25, -0.2) is 0 Å². The van der Waals surface area contributed by atoms with Crippen molar-refractivity contribution in [3.05, 3.63) is 48.6 Å². The van der Waals surface area contributed by atoms with Gasteiger partial charge in [-0.2, -0.15) is 0 Å². The fraction of sp³-hybridized carbons (Fsp3) is 0.385. The lowest BCUT2D eigenvalue weighted by Crippen LogP contribution is -1.62. The Hall–Kier alpha value is -1.04. The molecule has 0 unspecified atom stereocenters. The zero-order valence-electron chi connectivity index (χ0n) is 8.79. The molecule has 0 aliphatic carbocycles. The van der Waals surface area contributed by atoms with Gasteiger partial charge >= 0.3 is 0 Å². The van der Waals surface area contributed by atoms with E-state index >= 15 is 0 Å². The first-order valence-electron chi connectivity index (χ1n) is 4.93. The predicted octanol–water partition coefficient (Wildman–Crippen LogP) is 4.36. The van der Waals surface area contributed by atoms with Gasteiger partial charge in [-0.3, -0.25) is 0 Å². The second-order valence-electron chi connectivity index (χ2n) is 3.09. The van der Waals surface area contributed by atoms with Crippen LogP contribution in [0, 0.1) is 6.92 Å². The van der Waals surface area contributed by atoms with E-state index in [2.05, 4.69) is 32.6 Å². The number of allylic oxidation sites excluding steroid dienone is 1. The summed E-state index contributed by atoms with van der Waals surface area (Å²) in [7, 11) is 0. The van der Waals surface area contributed by atoms with Crippen molar-refractivity contribution in [3.8, 4) is 0 Å². The summed E-state index contributed by atoms with van der Waals surface area (Å²) in [6, 6.07) is 10.3. The Balaban J connectivity index is 0.000000226. The number of unbranched alkanes of at least 4 members (excludes halogenated alkanes) is 2. The van der Waals surface area contributed by atoms with Crippen molar-refractivity contribution in [2.75, 3.05) is 0 Å². The molecule has 0 aromatic heterocycles. The van der Waals surface area contributed by atoms with Gasteiger partial charge in [-0.15, -0.1) is 6.58 Å². The maximum absolute atomic E-state index is 3.60. The molecule has 1 aromatic rings. The van der Waals surface area contributed by atoms with Crippen LogP contribution in [0.15, 0.2) is 43.0 Å². The Bertz CT molecular complexity index is 199. The van der Waals surface area contributed by atoms with Crippen molar-refractivity contribution in [3.63, 3.8) is 0 Å². The highest BCUT2D eigenvalue weighted by Crippen LogP contribution is 1.92. The Labute approximate surface area is 82.3 Å². The topological polar surface area (TPSA) is 0 Å². The van der Waals surface area contributed by atoms with Crippen LogP contribution in [0.25, 0.3) is 0 Å². The lowest BCUT2D eigenvalue weighted by atomic mass is 10.2. The molecule has 0 spiro atoms. The molecule has 0 atom stereocenters. The van der Waals surface area contributed by atoms with E-state index in [1.165, 1.54) is 24.8 Å². The van der Waals surface area contributed by atoms with Crippen molar-refractivity contribution in [2.24, 2.45) is 0 Å². The number of benzene rings is 1. The number of hydrogen-bond acceptors (Lipinski definition) is 0. The third-order valence-electron chi connectivity index (χ3n) is 1.70. The van der Waals surface area contributed by atoms with Gasteiger partial charge in [-0.1, -0.05) is 61.7 Å². The van der Waals surface area contributed by atoms with Gasteiger partial charge in [-0.05, 0) is 13.3 Å². The molecule has 1 rings (SSSR count). The van der Waals surface area contributed by atoms with Crippen LogP contribution in [0.5, 0.6) is 0 Å². The Morgan fingerprint density at radius 3 is 2.08 bits per heavy atom. The monoisotopic (exact) mass is 176 g/mol. The van der Waals surface area contributed by atoms with Crippen molar-refractivity contribution in [1.29, 1.82) is 0 Å². The normalized spacial score (nSPS) is 8.46. The SMILES string of the molecule is C=CCCCC.Cc1ccccc1. The summed E-state index contributed by atoms with van der Waals surface area (Å²) in [4.78, 5) is 0. The molecule has 13 heavy (non-hydrogen) atoms. The molecule has 0 N–H and O–H groups in total. The van der Waals surface area contributed by atoms with E-state index < -0.39 is 0 Å². The average Bonchev–Trinajstić information content (AvgIpc) is 2.17. The molecule has 0 saturated heterocycles. The second-order valence-corrected chi connectivity index (χ2v) is 3.09. The molecule has 0 heterocycles. The van der Waals surface area contributed by atoms with Crippen LogP contribution in [0.2, 0.25) is 0 Å². The zero-order chi connectivity index (χ0) is 9.94. The third-order valence-corrected chi connectivity index (χ3v) is 1.70. The van der Waals surface area contributed by atoms with Gasteiger partial charge in [0, 0.05) is 0 Å². The molecule has 0 radical (unpaired) electrons. The van der Waals surface area contributed by atoms with Crippen LogP contribution < -0.4 is 0 Å². The van der Waals surface area contributed by atoms with E-state index in [0.29, 0.717) is 0 Å². The minimum Gasteiger partial charge on any atom is -0.103 e. The van der Waals surface area contributed by atoms with E-state index in [0.717, 1.165) is 0 Å². The van der Waals surface area contributed by atoms with Crippen LogP contribution in [0.4, 0.5) is 0 Å². The van der Waals surface area contributed by atoms with Crippen LogP contribution in [0.1, 0.15) is 31.7 Å². The molecule has 0 amide bonds. The molecule has 0 bridgehead atoms. The fourth-order valence-electron chi connectivity index (χ4n) is 0.883. The van der Waals surface area contributed by atoms with Crippen LogP contribution in [-0.2, 0) is 0 Å². The van der Waals surface area contributed by atoms with Gasteiger partial charge in [0.15, 0.2) is 0 Å². The number of hydrogen-bond donors (Lipinski definition) is 0. The van der Waals surface area contributed by atoms with E-state index in [4.69, 9.17) is 0 Å². The molecule has 72 valence electrons. The van der Waals surface area contributed by atoms with E-state index in [1.54, 1.807) is 0 Å². The zero-order valence-corrected chi connectivity index (χ0v) is 8.79. The van der Waals surface area contributed by atoms with Gasteiger partial charge in [0.1, 0.15) is 0 Å². The van der Waals surface area contributed by atoms with E-state index in [1.807, 2.05) is 24.3 Å². The summed E-state index contributed by atoms with van der Waals surface area (Å²) in [6.45, 7) is 7.87. The fourth-order valence-corrected chi connectivity index (χ4v) is 0.883. The Morgan fingerprint density at radius 2 is 1.85 bits per heavy atom. The maximum Gasteiger partial charge on any atom is -0.0354 e. The predicted molar refractivity (Wildman–Crippen MR) is 60.9 cm³/mol. The standard InChI is InChI=1S/C7H8.C6H12/c1-7-5-3-2-4-6-7;1-3-5-6-4-2/h2-6H,1H3;3H,1,4-6H2,2H3. The molecule has 0 saturated carbocycles. The molecule has 0 nitrogen and oxygen atoms in total. The van der Waals surface area contributed by atoms with Gasteiger partial charge in [0.25, 0.3) is 0 Å². The minimum absolute atomic E-state index is 1.18. The highest BCUT2D eigenvalue weighted by molar-refractivity contribution is 5.11. The molecule has 0 fully saturated rings. The molecule has 1 aromatic carbocycles. The molecular weight excluding hydrogens is 156 g/mol.